The van der Waals surface area contributed by atoms with E-state index < -0.39 is 5.91 Å². The van der Waals surface area contributed by atoms with Gasteiger partial charge in [0, 0.05) is 28.4 Å². The molecule has 0 saturated carbocycles. The lowest BCUT2D eigenvalue weighted by Crippen LogP contribution is -2.37. The summed E-state index contributed by atoms with van der Waals surface area (Å²) in [6.07, 6.45) is 0.378. The fourth-order valence-corrected chi connectivity index (χ4v) is 3.14. The minimum Gasteiger partial charge on any atom is -0.380 e. The van der Waals surface area contributed by atoms with E-state index in [9.17, 15) is 9.59 Å². The third-order valence-corrected chi connectivity index (χ3v) is 4.61. The second-order valence-electron chi connectivity index (χ2n) is 5.95. The smallest absolute Gasteiger partial charge is 0.274 e. The van der Waals surface area contributed by atoms with E-state index in [0.29, 0.717) is 17.0 Å². The topological polar surface area (TPSA) is 81.7 Å². The number of carbonyl (C=O) groups is 2. The van der Waals surface area contributed by atoms with Gasteiger partial charge in [0.15, 0.2) is 0 Å². The number of hydrogen-bond donors (Lipinski definition) is 3. The Hall–Kier alpha value is -2.57. The van der Waals surface area contributed by atoms with Gasteiger partial charge in [-0.2, -0.15) is 0 Å². The molecule has 0 aliphatic carbocycles. The van der Waals surface area contributed by atoms with E-state index in [1.165, 1.54) is 0 Å². The number of benzene rings is 2. The fraction of sp³-hybridized carbons (Fsp3) is 0.222. The molecular formula is C18H18ClN3O3. The molecule has 1 fully saturated rings. The van der Waals surface area contributed by atoms with Crippen molar-refractivity contribution < 1.29 is 14.8 Å². The number of halogens is 1. The van der Waals surface area contributed by atoms with Crippen molar-refractivity contribution in [3.05, 3.63) is 59.1 Å². The molecule has 3 rings (SSSR count). The summed E-state index contributed by atoms with van der Waals surface area (Å²) in [5.74, 6) is -0.520. The first-order valence-electron chi connectivity index (χ1n) is 7.88. The van der Waals surface area contributed by atoms with Crippen molar-refractivity contribution in [3.63, 3.8) is 0 Å². The monoisotopic (exact) mass is 359 g/mol. The quantitative estimate of drug-likeness (QED) is 0.579. The molecule has 7 heteroatoms. The Kier molecular flexibility index (Phi) is 4.92. The SMILES string of the molecule is C[C@@H]1[C@@H](Nc2ccc(C(=O)NO)cc2)CC(=O)N1c1ccc(Cl)cc1. The molecule has 0 spiro atoms. The molecule has 0 unspecified atom stereocenters. The number of hydroxylamine groups is 1. The minimum absolute atomic E-state index is 0.0332. The summed E-state index contributed by atoms with van der Waals surface area (Å²) in [5.41, 5.74) is 3.57. The predicted octanol–water partition coefficient (Wildman–Crippen LogP) is 3.06. The Morgan fingerprint density at radius 3 is 2.40 bits per heavy atom. The van der Waals surface area contributed by atoms with Gasteiger partial charge in [0.25, 0.3) is 5.91 Å². The van der Waals surface area contributed by atoms with Crippen molar-refractivity contribution in [2.75, 3.05) is 10.2 Å². The van der Waals surface area contributed by atoms with Crippen LogP contribution in [0.3, 0.4) is 0 Å². The van der Waals surface area contributed by atoms with Crippen molar-refractivity contribution in [1.82, 2.24) is 5.48 Å². The highest BCUT2D eigenvalue weighted by molar-refractivity contribution is 6.30. The standard InChI is InChI=1S/C18H18ClN3O3/c1-11-16(20-14-6-2-12(3-7-14)18(24)21-25)10-17(23)22(11)15-8-4-13(19)5-9-15/h2-9,11,16,20,25H,10H2,1H3,(H,21,24)/t11-,16+/m1/s1. The molecule has 2 aromatic carbocycles. The Balaban J connectivity index is 1.72. The van der Waals surface area contributed by atoms with Crippen molar-refractivity contribution in [3.8, 4) is 0 Å². The van der Waals surface area contributed by atoms with Crippen LogP contribution in [0.1, 0.15) is 23.7 Å². The number of hydrogen-bond acceptors (Lipinski definition) is 4. The van der Waals surface area contributed by atoms with Crippen LogP contribution in [-0.2, 0) is 4.79 Å². The van der Waals surface area contributed by atoms with Crippen molar-refractivity contribution in [2.45, 2.75) is 25.4 Å². The number of anilines is 2. The van der Waals surface area contributed by atoms with Crippen molar-refractivity contribution >= 4 is 34.8 Å². The van der Waals surface area contributed by atoms with E-state index in [0.717, 1.165) is 11.4 Å². The molecule has 1 saturated heterocycles. The number of amides is 2. The van der Waals surface area contributed by atoms with Crippen LogP contribution in [0, 0.1) is 0 Å². The first kappa shape index (κ1) is 17.3. The number of nitrogens with one attached hydrogen (secondary N) is 2. The van der Waals surface area contributed by atoms with E-state index in [1.54, 1.807) is 46.8 Å². The molecule has 2 atom stereocenters. The maximum atomic E-state index is 12.4. The second-order valence-corrected chi connectivity index (χ2v) is 6.39. The molecule has 2 aromatic rings. The summed E-state index contributed by atoms with van der Waals surface area (Å²) < 4.78 is 0. The van der Waals surface area contributed by atoms with Gasteiger partial charge in [0.2, 0.25) is 5.91 Å². The van der Waals surface area contributed by atoms with Crippen LogP contribution in [0.5, 0.6) is 0 Å². The first-order valence-corrected chi connectivity index (χ1v) is 8.26. The largest absolute Gasteiger partial charge is 0.380 e. The maximum absolute atomic E-state index is 12.4. The summed E-state index contributed by atoms with van der Waals surface area (Å²) in [6.45, 7) is 1.99. The van der Waals surface area contributed by atoms with E-state index in [1.807, 2.05) is 19.1 Å². The molecule has 0 bridgehead atoms. The number of rotatable bonds is 4. The number of nitrogens with zero attached hydrogens (tertiary/aromatic N) is 1. The molecule has 6 nitrogen and oxygen atoms in total. The fourth-order valence-electron chi connectivity index (χ4n) is 3.01. The molecule has 25 heavy (non-hydrogen) atoms. The summed E-state index contributed by atoms with van der Waals surface area (Å²) in [6, 6.07) is 13.8. The van der Waals surface area contributed by atoms with Crippen LogP contribution in [0.2, 0.25) is 5.02 Å². The Morgan fingerprint density at radius 1 is 1.16 bits per heavy atom. The van der Waals surface area contributed by atoms with Crippen molar-refractivity contribution in [1.29, 1.82) is 0 Å². The average molecular weight is 360 g/mol. The first-order chi connectivity index (χ1) is 12.0. The highest BCUT2D eigenvalue weighted by atomic mass is 35.5. The van der Waals surface area contributed by atoms with Crippen LogP contribution in [-0.4, -0.2) is 29.1 Å². The van der Waals surface area contributed by atoms with Gasteiger partial charge in [-0.15, -0.1) is 0 Å². The van der Waals surface area contributed by atoms with Crippen molar-refractivity contribution in [2.24, 2.45) is 0 Å². The maximum Gasteiger partial charge on any atom is 0.274 e. The van der Waals surface area contributed by atoms with Gasteiger partial charge in [-0.05, 0) is 55.5 Å². The van der Waals surface area contributed by atoms with Crippen LogP contribution in [0.4, 0.5) is 11.4 Å². The Bertz CT molecular complexity index is 777. The molecular weight excluding hydrogens is 342 g/mol. The number of carbonyl (C=O) groups excluding carboxylic acids is 2. The molecule has 1 aliphatic rings. The van der Waals surface area contributed by atoms with Gasteiger partial charge in [0.1, 0.15) is 0 Å². The average Bonchev–Trinajstić information content (AvgIpc) is 2.89. The highest BCUT2D eigenvalue weighted by Gasteiger charge is 2.37. The summed E-state index contributed by atoms with van der Waals surface area (Å²) in [7, 11) is 0. The zero-order valence-corrected chi connectivity index (χ0v) is 14.3. The van der Waals surface area contributed by atoms with Crippen LogP contribution >= 0.6 is 11.6 Å². The van der Waals surface area contributed by atoms with Crippen LogP contribution in [0.25, 0.3) is 0 Å². The zero-order valence-electron chi connectivity index (χ0n) is 13.6. The summed E-state index contributed by atoms with van der Waals surface area (Å²) >= 11 is 5.91. The van der Waals surface area contributed by atoms with Gasteiger partial charge < -0.3 is 10.2 Å². The molecule has 2 amide bonds. The molecule has 1 aliphatic heterocycles. The molecule has 3 N–H and O–H groups in total. The molecule has 0 aromatic heterocycles. The van der Waals surface area contributed by atoms with E-state index in [4.69, 9.17) is 16.8 Å². The van der Waals surface area contributed by atoms with Gasteiger partial charge in [-0.1, -0.05) is 11.6 Å². The van der Waals surface area contributed by atoms with Gasteiger partial charge >= 0.3 is 0 Å². The highest BCUT2D eigenvalue weighted by Crippen LogP contribution is 2.29. The lowest BCUT2D eigenvalue weighted by molar-refractivity contribution is -0.117. The third kappa shape index (κ3) is 3.60. The summed E-state index contributed by atoms with van der Waals surface area (Å²) in [5, 5.41) is 12.6. The third-order valence-electron chi connectivity index (χ3n) is 4.36. The normalized spacial score (nSPS) is 19.8. The molecule has 130 valence electrons. The summed E-state index contributed by atoms with van der Waals surface area (Å²) in [4.78, 5) is 25.5. The van der Waals surface area contributed by atoms with E-state index in [-0.39, 0.29) is 18.0 Å². The van der Waals surface area contributed by atoms with E-state index >= 15 is 0 Å². The lowest BCUT2D eigenvalue weighted by atomic mass is 10.1. The molecule has 0 radical (unpaired) electrons. The van der Waals surface area contributed by atoms with Crippen LogP contribution < -0.4 is 15.7 Å². The molecule has 1 heterocycles. The Morgan fingerprint density at radius 2 is 1.80 bits per heavy atom. The van der Waals surface area contributed by atoms with E-state index in [2.05, 4.69) is 5.32 Å². The van der Waals surface area contributed by atoms with Gasteiger partial charge in [-0.3, -0.25) is 14.8 Å². The lowest BCUT2D eigenvalue weighted by Gasteiger charge is -2.26. The predicted molar refractivity (Wildman–Crippen MR) is 96.1 cm³/mol. The van der Waals surface area contributed by atoms with Crippen LogP contribution in [0.15, 0.2) is 48.5 Å². The Labute approximate surface area is 150 Å². The minimum atomic E-state index is -0.565. The van der Waals surface area contributed by atoms with Gasteiger partial charge in [-0.25, -0.2) is 5.48 Å². The van der Waals surface area contributed by atoms with Gasteiger partial charge in [0.05, 0.1) is 12.1 Å². The zero-order chi connectivity index (χ0) is 18.0. The second kappa shape index (κ2) is 7.13.